The van der Waals surface area contributed by atoms with Crippen LogP contribution in [0.4, 0.5) is 0 Å². The number of benzene rings is 1. The van der Waals surface area contributed by atoms with Crippen LogP contribution in [0.2, 0.25) is 15.1 Å². The Balaban J connectivity index is 2.44. The molecule has 0 aliphatic carbocycles. The third kappa shape index (κ3) is 3.21. The highest BCUT2D eigenvalue weighted by Crippen LogP contribution is 2.38. The second kappa shape index (κ2) is 6.12. The van der Waals surface area contributed by atoms with Crippen LogP contribution >= 0.6 is 62.1 Å². The second-order valence-electron chi connectivity index (χ2n) is 3.69. The molecule has 2 rings (SSSR count). The summed E-state index contributed by atoms with van der Waals surface area (Å²) in [5, 5.41) is 5.20. The summed E-state index contributed by atoms with van der Waals surface area (Å²) in [4.78, 5) is 1.10. The maximum Gasteiger partial charge on any atom is 0.0888 e. The van der Waals surface area contributed by atoms with Gasteiger partial charge in [-0.2, -0.15) is 0 Å². The van der Waals surface area contributed by atoms with E-state index in [2.05, 4.69) is 21.2 Å². The van der Waals surface area contributed by atoms with Crippen molar-refractivity contribution in [2.75, 3.05) is 7.05 Å². The molecule has 0 spiro atoms. The molecule has 0 aliphatic rings. The van der Waals surface area contributed by atoms with E-state index in [1.54, 1.807) is 17.4 Å². The zero-order valence-corrected chi connectivity index (χ0v) is 14.0. The van der Waals surface area contributed by atoms with Gasteiger partial charge in [-0.15, -0.1) is 11.3 Å². The number of rotatable bonds is 3. The van der Waals surface area contributed by atoms with Crippen molar-refractivity contribution in [3.05, 3.63) is 53.6 Å². The van der Waals surface area contributed by atoms with Crippen molar-refractivity contribution < 1.29 is 0 Å². The fraction of sp³-hybridized carbons (Fsp3) is 0.167. The van der Waals surface area contributed by atoms with E-state index in [0.717, 1.165) is 14.2 Å². The summed E-state index contributed by atoms with van der Waals surface area (Å²) >= 11 is 23.1. The summed E-state index contributed by atoms with van der Waals surface area (Å²) in [5.74, 6) is 0. The van der Waals surface area contributed by atoms with E-state index < -0.39 is 0 Å². The van der Waals surface area contributed by atoms with Crippen molar-refractivity contribution in [1.82, 2.24) is 5.32 Å². The van der Waals surface area contributed by atoms with Gasteiger partial charge in [-0.1, -0.05) is 34.8 Å². The van der Waals surface area contributed by atoms with Crippen LogP contribution in [0.1, 0.15) is 16.5 Å². The highest BCUT2D eigenvalue weighted by atomic mass is 79.9. The van der Waals surface area contributed by atoms with E-state index in [-0.39, 0.29) is 6.04 Å². The van der Waals surface area contributed by atoms with Gasteiger partial charge in [0.2, 0.25) is 0 Å². The molecule has 1 heterocycles. The molecule has 1 nitrogen and oxygen atoms in total. The highest BCUT2D eigenvalue weighted by molar-refractivity contribution is 9.11. The van der Waals surface area contributed by atoms with Gasteiger partial charge in [0.05, 0.1) is 14.9 Å². The van der Waals surface area contributed by atoms with Gasteiger partial charge >= 0.3 is 0 Å². The van der Waals surface area contributed by atoms with Crippen LogP contribution in [-0.2, 0) is 0 Å². The SMILES string of the molecule is CNC(c1cc(Cl)cc(Cl)c1)c1cc(Cl)c(Br)s1. The Morgan fingerprint density at radius 1 is 1.11 bits per heavy atom. The number of thiophene rings is 1. The van der Waals surface area contributed by atoms with Crippen LogP contribution in [0.3, 0.4) is 0 Å². The number of nitrogens with one attached hydrogen (secondary N) is 1. The Labute approximate surface area is 133 Å². The Bertz CT molecular complexity index is 531. The summed E-state index contributed by atoms with van der Waals surface area (Å²) in [6.07, 6.45) is 0. The second-order valence-corrected chi connectivity index (χ2v) is 7.38. The lowest BCUT2D eigenvalue weighted by Crippen LogP contribution is -2.16. The summed E-state index contributed by atoms with van der Waals surface area (Å²) in [6.45, 7) is 0. The molecule has 0 amide bonds. The van der Waals surface area contributed by atoms with Crippen LogP contribution in [0.15, 0.2) is 28.1 Å². The molecule has 0 radical (unpaired) electrons. The molecule has 1 N–H and O–H groups in total. The van der Waals surface area contributed by atoms with Gasteiger partial charge in [-0.25, -0.2) is 0 Å². The lowest BCUT2D eigenvalue weighted by Gasteiger charge is -2.15. The normalized spacial score (nSPS) is 12.7. The average molecular weight is 386 g/mol. The minimum atomic E-state index is 0.0231. The van der Waals surface area contributed by atoms with E-state index in [4.69, 9.17) is 34.8 Å². The summed E-state index contributed by atoms with van der Waals surface area (Å²) in [5.41, 5.74) is 1.01. The van der Waals surface area contributed by atoms with Crippen molar-refractivity contribution in [2.45, 2.75) is 6.04 Å². The molecule has 1 aromatic carbocycles. The quantitative estimate of drug-likeness (QED) is 0.706. The Hall–Kier alpha value is 0.230. The molecule has 0 fully saturated rings. The lowest BCUT2D eigenvalue weighted by molar-refractivity contribution is 0.704. The number of hydrogen-bond acceptors (Lipinski definition) is 2. The Kier molecular flexibility index (Phi) is 4.98. The van der Waals surface area contributed by atoms with E-state index in [0.29, 0.717) is 15.1 Å². The number of hydrogen-bond donors (Lipinski definition) is 1. The van der Waals surface area contributed by atoms with E-state index >= 15 is 0 Å². The first kappa shape index (κ1) is 14.6. The van der Waals surface area contributed by atoms with Crippen LogP contribution in [0.5, 0.6) is 0 Å². The van der Waals surface area contributed by atoms with Gasteiger partial charge in [-0.3, -0.25) is 0 Å². The van der Waals surface area contributed by atoms with Crippen molar-refractivity contribution in [3.63, 3.8) is 0 Å². The fourth-order valence-electron chi connectivity index (χ4n) is 1.72. The monoisotopic (exact) mass is 383 g/mol. The van der Waals surface area contributed by atoms with Crippen molar-refractivity contribution in [1.29, 1.82) is 0 Å². The minimum absolute atomic E-state index is 0.0231. The molecule has 1 aromatic heterocycles. The fourth-order valence-corrected chi connectivity index (χ4v) is 4.15. The molecule has 2 aromatic rings. The summed E-state index contributed by atoms with van der Waals surface area (Å²) < 4.78 is 0.924. The maximum atomic E-state index is 6.06. The van der Waals surface area contributed by atoms with Gasteiger partial charge in [0.1, 0.15) is 0 Å². The van der Waals surface area contributed by atoms with Gasteiger partial charge in [-0.05, 0) is 52.8 Å². The molecule has 0 aliphatic heterocycles. The Morgan fingerprint density at radius 2 is 1.72 bits per heavy atom. The largest absolute Gasteiger partial charge is 0.309 e. The van der Waals surface area contributed by atoms with Crippen molar-refractivity contribution >= 4 is 62.1 Å². The summed E-state index contributed by atoms with van der Waals surface area (Å²) in [7, 11) is 1.89. The molecule has 18 heavy (non-hydrogen) atoms. The highest BCUT2D eigenvalue weighted by Gasteiger charge is 2.17. The van der Waals surface area contributed by atoms with Gasteiger partial charge in [0, 0.05) is 14.9 Å². The van der Waals surface area contributed by atoms with Crippen LogP contribution in [0.25, 0.3) is 0 Å². The topological polar surface area (TPSA) is 12.0 Å². The van der Waals surface area contributed by atoms with Crippen molar-refractivity contribution in [3.8, 4) is 0 Å². The standard InChI is InChI=1S/C12H9BrCl3NS/c1-17-11(10-5-9(16)12(13)18-10)6-2-7(14)4-8(15)3-6/h2-5,11,17H,1H3. The third-order valence-corrected chi connectivity index (χ3v) is 5.43. The average Bonchev–Trinajstić information content (AvgIpc) is 2.58. The van der Waals surface area contributed by atoms with Gasteiger partial charge in [0.25, 0.3) is 0 Å². The molecule has 1 atom stereocenters. The molecule has 1 unspecified atom stereocenters. The summed E-state index contributed by atoms with van der Waals surface area (Å²) in [6, 6.07) is 7.48. The van der Waals surface area contributed by atoms with Crippen molar-refractivity contribution in [2.24, 2.45) is 0 Å². The molecular weight excluding hydrogens is 376 g/mol. The number of halogens is 4. The molecule has 0 saturated heterocycles. The zero-order valence-electron chi connectivity index (χ0n) is 9.31. The van der Waals surface area contributed by atoms with Crippen LogP contribution in [0, 0.1) is 0 Å². The smallest absolute Gasteiger partial charge is 0.0888 e. The predicted octanol–water partition coefficient (Wildman–Crippen LogP) is 5.78. The molecule has 0 saturated carbocycles. The zero-order chi connectivity index (χ0) is 13.3. The van der Waals surface area contributed by atoms with E-state index in [1.807, 2.05) is 25.2 Å². The first-order valence-electron chi connectivity index (χ1n) is 5.09. The van der Waals surface area contributed by atoms with E-state index in [9.17, 15) is 0 Å². The molecule has 96 valence electrons. The first-order chi connectivity index (χ1) is 8.51. The van der Waals surface area contributed by atoms with Crippen LogP contribution < -0.4 is 5.32 Å². The molecular formula is C12H9BrCl3NS. The van der Waals surface area contributed by atoms with Gasteiger partial charge < -0.3 is 5.32 Å². The lowest BCUT2D eigenvalue weighted by atomic mass is 10.1. The predicted molar refractivity (Wildman–Crippen MR) is 84.4 cm³/mol. The third-order valence-electron chi connectivity index (χ3n) is 2.46. The first-order valence-corrected chi connectivity index (χ1v) is 7.83. The van der Waals surface area contributed by atoms with E-state index in [1.165, 1.54) is 0 Å². The maximum absolute atomic E-state index is 6.06. The van der Waals surface area contributed by atoms with Crippen LogP contribution in [-0.4, -0.2) is 7.05 Å². The minimum Gasteiger partial charge on any atom is -0.309 e. The Morgan fingerprint density at radius 3 is 2.17 bits per heavy atom. The molecule has 0 bridgehead atoms. The van der Waals surface area contributed by atoms with Gasteiger partial charge in [0.15, 0.2) is 0 Å². The molecule has 6 heteroatoms.